The molecule has 0 bridgehead atoms. The Bertz CT molecular complexity index is 921. The monoisotopic (exact) mass is 405 g/mol. The number of unbranched alkanes of at least 4 members (excludes halogenated alkanes) is 2. The summed E-state index contributed by atoms with van der Waals surface area (Å²) in [5.74, 6) is 0.356. The summed E-state index contributed by atoms with van der Waals surface area (Å²) in [7, 11) is 0. The van der Waals surface area contributed by atoms with E-state index < -0.39 is 0 Å². The van der Waals surface area contributed by atoms with Crippen LogP contribution in [0, 0.1) is 0 Å². The molecule has 2 amide bonds. The number of hydrogen-bond acceptors (Lipinski definition) is 6. The fourth-order valence-corrected chi connectivity index (χ4v) is 4.03. The predicted octanol–water partition coefficient (Wildman–Crippen LogP) is 2.57. The van der Waals surface area contributed by atoms with Crippen LogP contribution in [-0.4, -0.2) is 64.3 Å². The molecule has 0 unspecified atom stereocenters. The van der Waals surface area contributed by atoms with Gasteiger partial charge in [-0.2, -0.15) is 0 Å². The molecule has 0 atom stereocenters. The maximum Gasteiger partial charge on any atom is 0.277 e. The third kappa shape index (κ3) is 3.92. The zero-order valence-corrected chi connectivity index (χ0v) is 17.3. The van der Waals surface area contributed by atoms with E-state index in [9.17, 15) is 9.59 Å². The molecule has 7 heteroatoms. The molecular formula is C23H27N5O2. The third-order valence-electron chi connectivity index (χ3n) is 5.62. The molecule has 2 aliphatic rings. The average molecular weight is 406 g/mol. The molecule has 1 aromatic carbocycles. The first-order valence-electron chi connectivity index (χ1n) is 10.6. The number of carbonyl (C=O) groups excluding carboxylic acids is 2. The van der Waals surface area contributed by atoms with E-state index in [0.29, 0.717) is 49.9 Å². The van der Waals surface area contributed by atoms with Gasteiger partial charge in [0.05, 0.1) is 5.57 Å². The Morgan fingerprint density at radius 3 is 2.17 bits per heavy atom. The summed E-state index contributed by atoms with van der Waals surface area (Å²) >= 11 is 0. The Morgan fingerprint density at radius 1 is 0.833 bits per heavy atom. The number of imide groups is 1. The first-order valence-corrected chi connectivity index (χ1v) is 10.6. The summed E-state index contributed by atoms with van der Waals surface area (Å²) in [6.07, 6.45) is 6.35. The van der Waals surface area contributed by atoms with E-state index in [0.717, 1.165) is 24.8 Å². The maximum atomic E-state index is 13.3. The third-order valence-corrected chi connectivity index (χ3v) is 5.62. The number of benzene rings is 1. The highest BCUT2D eigenvalue weighted by atomic mass is 16.2. The number of rotatable bonds is 7. The molecule has 1 saturated heterocycles. The van der Waals surface area contributed by atoms with Crippen LogP contribution in [0.5, 0.6) is 0 Å². The van der Waals surface area contributed by atoms with Crippen molar-refractivity contribution in [1.29, 1.82) is 0 Å². The summed E-state index contributed by atoms with van der Waals surface area (Å²) in [6, 6.07) is 11.3. The molecule has 0 radical (unpaired) electrons. The van der Waals surface area contributed by atoms with E-state index in [1.807, 2.05) is 30.3 Å². The second-order valence-corrected chi connectivity index (χ2v) is 7.58. The number of hydrogen-bond donors (Lipinski definition) is 0. The lowest BCUT2D eigenvalue weighted by atomic mass is 10.0. The van der Waals surface area contributed by atoms with Gasteiger partial charge in [-0.3, -0.25) is 14.5 Å². The van der Waals surface area contributed by atoms with Gasteiger partial charge < -0.3 is 9.80 Å². The van der Waals surface area contributed by atoms with Crippen LogP contribution in [0.25, 0.3) is 5.57 Å². The van der Waals surface area contributed by atoms with E-state index >= 15 is 0 Å². The lowest BCUT2D eigenvalue weighted by molar-refractivity contribution is -0.137. The van der Waals surface area contributed by atoms with Gasteiger partial charge in [0, 0.05) is 45.1 Å². The lowest BCUT2D eigenvalue weighted by Gasteiger charge is -2.36. The normalized spacial score (nSPS) is 17.3. The number of carbonyl (C=O) groups is 2. The zero-order valence-electron chi connectivity index (χ0n) is 17.3. The van der Waals surface area contributed by atoms with E-state index in [1.165, 1.54) is 4.90 Å². The first kappa shape index (κ1) is 20.1. The summed E-state index contributed by atoms with van der Waals surface area (Å²) < 4.78 is 0. The molecular weight excluding hydrogens is 378 g/mol. The Morgan fingerprint density at radius 2 is 1.50 bits per heavy atom. The Hall–Kier alpha value is -3.22. The van der Waals surface area contributed by atoms with Crippen LogP contribution >= 0.6 is 0 Å². The van der Waals surface area contributed by atoms with Crippen LogP contribution in [0.15, 0.2) is 54.5 Å². The SMILES string of the molecule is CCCCCN1C(=O)C(c2ccccc2)=C(N2CCN(c3ncccn3)CC2)C1=O. The van der Waals surface area contributed by atoms with Gasteiger partial charge in [-0.25, -0.2) is 9.97 Å². The topological polar surface area (TPSA) is 69.6 Å². The van der Waals surface area contributed by atoms with E-state index in [1.54, 1.807) is 18.5 Å². The van der Waals surface area contributed by atoms with Crippen LogP contribution < -0.4 is 4.90 Å². The minimum Gasteiger partial charge on any atom is -0.363 e. The van der Waals surface area contributed by atoms with Crippen molar-refractivity contribution in [3.8, 4) is 0 Å². The highest BCUT2D eigenvalue weighted by molar-refractivity contribution is 6.35. The molecule has 30 heavy (non-hydrogen) atoms. The minimum absolute atomic E-state index is 0.167. The highest BCUT2D eigenvalue weighted by Crippen LogP contribution is 2.32. The molecule has 0 spiro atoms. The summed E-state index contributed by atoms with van der Waals surface area (Å²) in [5.41, 5.74) is 1.87. The molecule has 0 aliphatic carbocycles. The van der Waals surface area contributed by atoms with E-state index in [2.05, 4.69) is 26.7 Å². The van der Waals surface area contributed by atoms with Gasteiger partial charge in [0.15, 0.2) is 0 Å². The van der Waals surface area contributed by atoms with Crippen molar-refractivity contribution in [2.24, 2.45) is 0 Å². The quantitative estimate of drug-likeness (QED) is 0.521. The summed E-state index contributed by atoms with van der Waals surface area (Å²) in [6.45, 7) is 5.28. The first-order chi connectivity index (χ1) is 14.7. The number of nitrogens with zero attached hydrogens (tertiary/aromatic N) is 5. The smallest absolute Gasteiger partial charge is 0.277 e. The maximum absolute atomic E-state index is 13.3. The molecule has 0 N–H and O–H groups in total. The molecule has 0 saturated carbocycles. The van der Waals surface area contributed by atoms with Crippen LogP contribution in [0.2, 0.25) is 0 Å². The molecule has 4 rings (SSSR count). The fourth-order valence-electron chi connectivity index (χ4n) is 4.03. The van der Waals surface area contributed by atoms with Crippen LogP contribution in [0.1, 0.15) is 31.7 Å². The largest absolute Gasteiger partial charge is 0.363 e. The molecule has 2 aliphatic heterocycles. The summed E-state index contributed by atoms with van der Waals surface area (Å²) in [4.78, 5) is 40.8. The van der Waals surface area contributed by atoms with Gasteiger partial charge in [-0.05, 0) is 18.1 Å². The van der Waals surface area contributed by atoms with Crippen LogP contribution in [0.3, 0.4) is 0 Å². The number of anilines is 1. The molecule has 1 aromatic heterocycles. The van der Waals surface area contributed by atoms with Crippen LogP contribution in [-0.2, 0) is 9.59 Å². The van der Waals surface area contributed by atoms with Gasteiger partial charge in [0.25, 0.3) is 11.8 Å². The number of amides is 2. The fraction of sp³-hybridized carbons (Fsp3) is 0.391. The standard InChI is InChI=1S/C23H27N5O2/c1-2-3-7-13-28-21(29)19(18-9-5-4-6-10-18)20(22(28)30)26-14-16-27(17-15-26)23-24-11-8-12-25-23/h4-6,8-12H,2-3,7,13-17H2,1H3. The van der Waals surface area contributed by atoms with Crippen molar-refractivity contribution in [3.63, 3.8) is 0 Å². The molecule has 156 valence electrons. The Balaban J connectivity index is 1.59. The van der Waals surface area contributed by atoms with Gasteiger partial charge in [-0.15, -0.1) is 0 Å². The van der Waals surface area contributed by atoms with Gasteiger partial charge in [0.2, 0.25) is 5.95 Å². The number of piperazine rings is 1. The van der Waals surface area contributed by atoms with Crippen molar-refractivity contribution < 1.29 is 9.59 Å². The van der Waals surface area contributed by atoms with Crippen molar-refractivity contribution in [3.05, 3.63) is 60.1 Å². The van der Waals surface area contributed by atoms with Gasteiger partial charge in [-0.1, -0.05) is 50.1 Å². The zero-order chi connectivity index (χ0) is 20.9. The minimum atomic E-state index is -0.175. The molecule has 7 nitrogen and oxygen atoms in total. The average Bonchev–Trinajstić information content (AvgIpc) is 3.05. The second kappa shape index (κ2) is 9.07. The van der Waals surface area contributed by atoms with Crippen molar-refractivity contribution >= 4 is 23.3 Å². The van der Waals surface area contributed by atoms with E-state index in [4.69, 9.17) is 0 Å². The predicted molar refractivity (Wildman–Crippen MR) is 115 cm³/mol. The van der Waals surface area contributed by atoms with Crippen LogP contribution in [0.4, 0.5) is 5.95 Å². The Labute approximate surface area is 177 Å². The molecule has 3 heterocycles. The summed E-state index contributed by atoms with van der Waals surface area (Å²) in [5, 5.41) is 0. The van der Waals surface area contributed by atoms with Crippen molar-refractivity contribution in [2.75, 3.05) is 37.6 Å². The van der Waals surface area contributed by atoms with Gasteiger partial charge in [0.1, 0.15) is 5.70 Å². The van der Waals surface area contributed by atoms with Crippen molar-refractivity contribution in [2.45, 2.75) is 26.2 Å². The highest BCUT2D eigenvalue weighted by Gasteiger charge is 2.41. The number of aromatic nitrogens is 2. The second-order valence-electron chi connectivity index (χ2n) is 7.58. The lowest BCUT2D eigenvalue weighted by Crippen LogP contribution is -2.48. The van der Waals surface area contributed by atoms with Gasteiger partial charge >= 0.3 is 0 Å². The molecule has 1 fully saturated rings. The van der Waals surface area contributed by atoms with E-state index in [-0.39, 0.29) is 11.8 Å². The van der Waals surface area contributed by atoms with Crippen molar-refractivity contribution in [1.82, 2.24) is 19.8 Å². The molecule has 2 aromatic rings. The Kier molecular flexibility index (Phi) is 6.07.